The molecule has 1 aliphatic carbocycles. The van der Waals surface area contributed by atoms with Crippen LogP contribution in [0.3, 0.4) is 0 Å². The van der Waals surface area contributed by atoms with E-state index in [1.807, 2.05) is 25.7 Å². The second-order valence-corrected chi connectivity index (χ2v) is 16.4. The van der Waals surface area contributed by atoms with Gasteiger partial charge in [0.15, 0.2) is 0 Å². The van der Waals surface area contributed by atoms with Crippen LogP contribution in [0.1, 0.15) is 151 Å². The number of ether oxygens (including phenoxy) is 2. The number of aliphatic imine (C=N–C) groups is 1. The van der Waals surface area contributed by atoms with Crippen molar-refractivity contribution in [3.63, 3.8) is 0 Å². The second-order valence-electron chi connectivity index (χ2n) is 15.6. The smallest absolute Gasteiger partial charge is 0.410 e. The average molecular weight is 747 g/mol. The summed E-state index contributed by atoms with van der Waals surface area (Å²) in [4.78, 5) is 33.2. The first kappa shape index (κ1) is 41.0. The summed E-state index contributed by atoms with van der Waals surface area (Å²) in [6.07, 6.45) is 14.4. The molecular weight excluding hydrogens is 682 g/mol. The van der Waals surface area contributed by atoms with Crippen molar-refractivity contribution in [2.45, 2.75) is 164 Å². The fourth-order valence-electron chi connectivity index (χ4n) is 7.26. The Kier molecular flexibility index (Phi) is 14.8. The molecule has 1 aromatic heterocycles. The molecule has 2 bridgehead atoms. The van der Waals surface area contributed by atoms with Crippen molar-refractivity contribution in [1.82, 2.24) is 14.9 Å². The van der Waals surface area contributed by atoms with E-state index >= 15 is 0 Å². The Balaban J connectivity index is 0.00000650. The molecule has 4 rings (SSSR count). The van der Waals surface area contributed by atoms with Gasteiger partial charge in [-0.25, -0.2) is 4.79 Å². The lowest BCUT2D eigenvalue weighted by Crippen LogP contribution is -2.57. The van der Waals surface area contributed by atoms with Crippen LogP contribution in [0.4, 0.5) is 10.6 Å². The third-order valence-corrected chi connectivity index (χ3v) is 11.2. The molecule has 3 aliphatic rings. The van der Waals surface area contributed by atoms with E-state index in [1.54, 1.807) is 0 Å². The zero-order valence-electron chi connectivity index (χ0n) is 32.0. The number of amides is 1. The molecule has 3 heterocycles. The van der Waals surface area contributed by atoms with Crippen LogP contribution in [0.5, 0.6) is 6.01 Å². The Morgan fingerprint density at radius 2 is 1.65 bits per heavy atom. The highest BCUT2D eigenvalue weighted by molar-refractivity contribution is 9.12. The van der Waals surface area contributed by atoms with E-state index in [1.165, 1.54) is 38.5 Å². The van der Waals surface area contributed by atoms with Crippen molar-refractivity contribution < 1.29 is 19.7 Å². The largest absolute Gasteiger partial charge is 0.463 e. The molecule has 4 unspecified atom stereocenters. The van der Waals surface area contributed by atoms with Crippen LogP contribution >= 0.6 is 15.9 Å². The van der Waals surface area contributed by atoms with Gasteiger partial charge in [-0.05, 0) is 95.1 Å². The van der Waals surface area contributed by atoms with Gasteiger partial charge in [-0.1, -0.05) is 72.3 Å². The number of carbonyl (C=O) groups excluding carboxylic acids is 1. The second kappa shape index (κ2) is 17.7. The molecule has 0 spiro atoms. The van der Waals surface area contributed by atoms with Gasteiger partial charge in [0.1, 0.15) is 11.4 Å². The quantitative estimate of drug-likeness (QED) is 0.175. The standard InChI is InChI=1S/C39H62BrN5O3.H2O/c1-11-15-17-18-22-39(10,21-16-12-2)25-47-36-42-33-27(6)32(40)34(41-26(5)13-3)30(14-4)31(33)35(43-36)44-23-28-19-20-29(24-44)45(28)37(46)48-38(7,8)9;/h14,26,28-29H,11-13,15-25H2,1-10H3;1H2/b30-14-,41-34?;. The maximum absolute atomic E-state index is 13.3. The third kappa shape index (κ3) is 9.87. The van der Waals surface area contributed by atoms with Crippen molar-refractivity contribution in [3.8, 4) is 6.01 Å². The Morgan fingerprint density at radius 1 is 1.02 bits per heavy atom. The minimum absolute atomic E-state index is 0. The lowest BCUT2D eigenvalue weighted by atomic mass is 9.81. The lowest BCUT2D eigenvalue weighted by molar-refractivity contribution is 0.0122. The van der Waals surface area contributed by atoms with E-state index in [2.05, 4.69) is 75.4 Å². The summed E-state index contributed by atoms with van der Waals surface area (Å²) >= 11 is 3.93. The summed E-state index contributed by atoms with van der Waals surface area (Å²) < 4.78 is 13.5. The maximum Gasteiger partial charge on any atom is 0.410 e. The van der Waals surface area contributed by atoms with E-state index < -0.39 is 5.60 Å². The van der Waals surface area contributed by atoms with Gasteiger partial charge in [0.05, 0.1) is 35.7 Å². The van der Waals surface area contributed by atoms with E-state index in [4.69, 9.17) is 24.4 Å². The number of anilines is 1. The van der Waals surface area contributed by atoms with Gasteiger partial charge in [-0.15, -0.1) is 0 Å². The predicted octanol–water partition coefficient (Wildman–Crippen LogP) is 9.57. The molecule has 2 N–H and O–H groups in total. The Labute approximate surface area is 304 Å². The van der Waals surface area contributed by atoms with Crippen molar-refractivity contribution in [3.05, 3.63) is 21.8 Å². The molecule has 10 heteroatoms. The zero-order valence-corrected chi connectivity index (χ0v) is 33.6. The first-order valence-corrected chi connectivity index (χ1v) is 19.5. The molecule has 0 saturated carbocycles. The normalized spacial score (nSPS) is 22.6. The fourth-order valence-corrected chi connectivity index (χ4v) is 7.76. The first-order valence-electron chi connectivity index (χ1n) is 18.7. The molecular formula is C39H64BrN5O4. The van der Waals surface area contributed by atoms with E-state index in [9.17, 15) is 4.79 Å². The molecule has 9 nitrogen and oxygen atoms in total. The van der Waals surface area contributed by atoms with E-state index in [0.717, 1.165) is 70.5 Å². The number of rotatable bonds is 14. The van der Waals surface area contributed by atoms with Crippen LogP contribution < -0.4 is 9.64 Å². The molecule has 1 amide bonds. The molecule has 4 atom stereocenters. The minimum atomic E-state index is -0.531. The molecule has 2 aliphatic heterocycles. The minimum Gasteiger partial charge on any atom is -0.463 e. The number of allylic oxidation sites excluding steroid dienone is 4. The summed E-state index contributed by atoms with van der Waals surface area (Å²) in [5, 5.41) is 0. The van der Waals surface area contributed by atoms with Crippen LogP contribution in [-0.2, 0) is 4.74 Å². The van der Waals surface area contributed by atoms with Crippen molar-refractivity contribution in [1.29, 1.82) is 0 Å². The number of unbranched alkanes of at least 4 members (excludes halogenated alkanes) is 4. The maximum atomic E-state index is 13.3. The van der Waals surface area contributed by atoms with Gasteiger partial charge in [0, 0.05) is 34.6 Å². The molecule has 1 aromatic rings. The van der Waals surface area contributed by atoms with Crippen LogP contribution in [-0.4, -0.2) is 75.6 Å². The number of carbonyl (C=O) groups is 1. The lowest BCUT2D eigenvalue weighted by Gasteiger charge is -2.42. The van der Waals surface area contributed by atoms with Crippen molar-refractivity contribution >= 4 is 44.7 Å². The molecule has 276 valence electrons. The third-order valence-electron chi connectivity index (χ3n) is 10.2. The summed E-state index contributed by atoms with van der Waals surface area (Å²) in [7, 11) is 0. The summed E-state index contributed by atoms with van der Waals surface area (Å²) in [5.41, 5.74) is 4.45. The monoisotopic (exact) mass is 745 g/mol. The summed E-state index contributed by atoms with van der Waals surface area (Å²) in [5.74, 6) is 0.873. The highest BCUT2D eigenvalue weighted by Crippen LogP contribution is 2.45. The predicted molar refractivity (Wildman–Crippen MR) is 207 cm³/mol. The molecule has 2 saturated heterocycles. The van der Waals surface area contributed by atoms with Gasteiger partial charge in [0.25, 0.3) is 0 Å². The summed E-state index contributed by atoms with van der Waals surface area (Å²) in [6.45, 7) is 23.2. The number of halogens is 1. The number of fused-ring (bicyclic) bond motifs is 3. The SMILES string of the molecule is C/C=C1\C(=NC(C)CC)C(Br)=C(C)c2nc(OCC(C)(CCCC)CCCCCC)nc(N3CC4CCC(C3)N4C(=O)OC(C)(C)C)c21.O. The van der Waals surface area contributed by atoms with E-state index in [0.29, 0.717) is 25.7 Å². The summed E-state index contributed by atoms with van der Waals surface area (Å²) in [6, 6.07) is 0.723. The van der Waals surface area contributed by atoms with Gasteiger partial charge < -0.3 is 19.8 Å². The highest BCUT2D eigenvalue weighted by Gasteiger charge is 2.46. The Bertz CT molecular complexity index is 1370. The van der Waals surface area contributed by atoms with Gasteiger partial charge in [-0.2, -0.15) is 9.97 Å². The topological polar surface area (TPSA) is 112 Å². The Hall–Kier alpha value is -2.46. The van der Waals surface area contributed by atoms with Crippen LogP contribution in [0.15, 0.2) is 15.6 Å². The molecule has 0 radical (unpaired) electrons. The number of hydrogen-bond acceptors (Lipinski definition) is 7. The number of aromatic nitrogens is 2. The fraction of sp³-hybridized carbons (Fsp3) is 0.744. The molecule has 0 aromatic carbocycles. The molecule has 2 fully saturated rings. The van der Waals surface area contributed by atoms with Crippen LogP contribution in [0.25, 0.3) is 11.1 Å². The first-order chi connectivity index (χ1) is 22.8. The number of nitrogens with zero attached hydrogens (tertiary/aromatic N) is 5. The van der Waals surface area contributed by atoms with E-state index in [-0.39, 0.29) is 35.1 Å². The number of piperazine rings is 1. The van der Waals surface area contributed by atoms with Crippen LogP contribution in [0, 0.1) is 5.41 Å². The van der Waals surface area contributed by atoms with Gasteiger partial charge in [-0.3, -0.25) is 9.89 Å². The average Bonchev–Trinajstić information content (AvgIpc) is 3.32. The Morgan fingerprint density at radius 3 is 2.22 bits per heavy atom. The van der Waals surface area contributed by atoms with Crippen LogP contribution in [0.2, 0.25) is 0 Å². The van der Waals surface area contributed by atoms with Crippen molar-refractivity contribution in [2.75, 3.05) is 24.6 Å². The number of hydrogen-bond donors (Lipinski definition) is 0. The van der Waals surface area contributed by atoms with Crippen molar-refractivity contribution in [2.24, 2.45) is 10.4 Å². The highest BCUT2D eigenvalue weighted by atomic mass is 79.9. The van der Waals surface area contributed by atoms with Gasteiger partial charge >= 0.3 is 12.1 Å². The molecule has 49 heavy (non-hydrogen) atoms. The van der Waals surface area contributed by atoms with Gasteiger partial charge in [0.2, 0.25) is 0 Å². The zero-order chi connectivity index (χ0) is 35.2.